The Bertz CT molecular complexity index is 282. The highest BCUT2D eigenvalue weighted by molar-refractivity contribution is 5.76. The van der Waals surface area contributed by atoms with E-state index in [4.69, 9.17) is 5.73 Å². The van der Waals surface area contributed by atoms with E-state index in [1.807, 2.05) is 0 Å². The lowest BCUT2D eigenvalue weighted by atomic mass is 9.90. The lowest BCUT2D eigenvalue weighted by molar-refractivity contribution is -0.134. The van der Waals surface area contributed by atoms with Gasteiger partial charge in [0, 0.05) is 25.6 Å². The van der Waals surface area contributed by atoms with Gasteiger partial charge in [-0.15, -0.1) is 0 Å². The molecule has 3 nitrogen and oxygen atoms in total. The summed E-state index contributed by atoms with van der Waals surface area (Å²) in [6, 6.07) is 0.216. The monoisotopic (exact) mass is 266 g/mol. The number of amides is 1. The molecule has 0 aromatic rings. The molecule has 1 saturated heterocycles. The highest BCUT2D eigenvalue weighted by atomic mass is 16.2. The quantitative estimate of drug-likeness (QED) is 0.798. The van der Waals surface area contributed by atoms with Crippen LogP contribution in [-0.4, -0.2) is 29.9 Å². The van der Waals surface area contributed by atoms with Crippen LogP contribution in [0.5, 0.6) is 0 Å². The molecule has 1 aliphatic heterocycles. The van der Waals surface area contributed by atoms with Gasteiger partial charge in [0.25, 0.3) is 0 Å². The zero-order valence-corrected chi connectivity index (χ0v) is 12.4. The van der Waals surface area contributed by atoms with Gasteiger partial charge in [-0.1, -0.05) is 25.7 Å². The maximum absolute atomic E-state index is 12.4. The number of piperidine rings is 1. The van der Waals surface area contributed by atoms with E-state index in [1.165, 1.54) is 44.9 Å². The number of rotatable bonds is 3. The van der Waals surface area contributed by atoms with Gasteiger partial charge in [0.2, 0.25) is 5.91 Å². The van der Waals surface area contributed by atoms with Crippen LogP contribution in [0.2, 0.25) is 0 Å². The van der Waals surface area contributed by atoms with Gasteiger partial charge in [0.1, 0.15) is 0 Å². The molecule has 2 N–H and O–H groups in total. The summed E-state index contributed by atoms with van der Waals surface area (Å²) in [6.45, 7) is 3.92. The summed E-state index contributed by atoms with van der Waals surface area (Å²) in [5.74, 6) is 1.54. The molecule has 2 aliphatic rings. The molecular weight excluding hydrogens is 236 g/mol. The third-order valence-corrected chi connectivity index (χ3v) is 4.99. The van der Waals surface area contributed by atoms with Crippen molar-refractivity contribution in [3.63, 3.8) is 0 Å². The molecule has 0 spiro atoms. The molecule has 3 heteroatoms. The van der Waals surface area contributed by atoms with Crippen molar-refractivity contribution >= 4 is 5.91 Å². The molecule has 1 aliphatic carbocycles. The van der Waals surface area contributed by atoms with Crippen molar-refractivity contribution in [2.24, 2.45) is 17.6 Å². The number of carbonyl (C=O) groups is 1. The lowest BCUT2D eigenvalue weighted by Crippen LogP contribution is -2.45. The third-order valence-electron chi connectivity index (χ3n) is 4.99. The van der Waals surface area contributed by atoms with Gasteiger partial charge in [0.05, 0.1) is 0 Å². The summed E-state index contributed by atoms with van der Waals surface area (Å²) in [6.07, 6.45) is 11.0. The van der Waals surface area contributed by atoms with Gasteiger partial charge in [-0.05, 0) is 44.4 Å². The van der Waals surface area contributed by atoms with Crippen LogP contribution in [0.15, 0.2) is 0 Å². The second-order valence-corrected chi connectivity index (χ2v) is 6.66. The van der Waals surface area contributed by atoms with E-state index in [0.29, 0.717) is 17.7 Å². The van der Waals surface area contributed by atoms with Gasteiger partial charge in [-0.2, -0.15) is 0 Å². The summed E-state index contributed by atoms with van der Waals surface area (Å²) >= 11 is 0. The Labute approximate surface area is 117 Å². The topological polar surface area (TPSA) is 46.3 Å². The summed E-state index contributed by atoms with van der Waals surface area (Å²) < 4.78 is 0. The molecular formula is C16H30N2O. The van der Waals surface area contributed by atoms with Crippen LogP contribution in [0.25, 0.3) is 0 Å². The van der Waals surface area contributed by atoms with E-state index < -0.39 is 0 Å². The van der Waals surface area contributed by atoms with Gasteiger partial charge in [-0.25, -0.2) is 0 Å². The molecule has 2 fully saturated rings. The third kappa shape index (κ3) is 4.48. The number of nitrogens with two attached hydrogens (primary N) is 1. The van der Waals surface area contributed by atoms with Crippen molar-refractivity contribution < 1.29 is 4.79 Å². The average molecular weight is 266 g/mol. The molecule has 0 radical (unpaired) electrons. The predicted molar refractivity (Wildman–Crippen MR) is 78.8 cm³/mol. The Balaban J connectivity index is 1.81. The van der Waals surface area contributed by atoms with Crippen LogP contribution in [0.4, 0.5) is 0 Å². The normalized spacial score (nSPS) is 27.9. The molecule has 0 bridgehead atoms. The number of hydrogen-bond donors (Lipinski definition) is 1. The summed E-state index contributed by atoms with van der Waals surface area (Å²) in [4.78, 5) is 14.5. The second-order valence-electron chi connectivity index (χ2n) is 6.66. The lowest BCUT2D eigenvalue weighted by Gasteiger charge is -2.35. The standard InChI is InChI=1S/C16H30N2O/c1-13(17)15-9-6-10-18(12-15)16(19)11-14-7-4-2-3-5-8-14/h13-15H,2-12,17H2,1H3. The van der Waals surface area contributed by atoms with Crippen LogP contribution >= 0.6 is 0 Å². The van der Waals surface area contributed by atoms with Crippen molar-refractivity contribution in [3.05, 3.63) is 0 Å². The van der Waals surface area contributed by atoms with E-state index in [1.54, 1.807) is 0 Å². The Kier molecular flexibility index (Phi) is 5.68. The van der Waals surface area contributed by atoms with Crippen molar-refractivity contribution in [3.8, 4) is 0 Å². The predicted octanol–water partition coefficient (Wildman–Crippen LogP) is 2.93. The molecule has 0 aromatic carbocycles. The van der Waals surface area contributed by atoms with Crippen LogP contribution in [0, 0.1) is 11.8 Å². The van der Waals surface area contributed by atoms with E-state index in [2.05, 4.69) is 11.8 Å². The maximum atomic E-state index is 12.4. The summed E-state index contributed by atoms with van der Waals surface area (Å²) in [5.41, 5.74) is 6.00. The van der Waals surface area contributed by atoms with Crippen LogP contribution in [-0.2, 0) is 4.79 Å². The zero-order valence-electron chi connectivity index (χ0n) is 12.4. The van der Waals surface area contributed by atoms with Gasteiger partial charge >= 0.3 is 0 Å². The first-order valence-electron chi connectivity index (χ1n) is 8.20. The van der Waals surface area contributed by atoms with E-state index >= 15 is 0 Å². The molecule has 1 amide bonds. The molecule has 2 unspecified atom stereocenters. The Morgan fingerprint density at radius 3 is 2.47 bits per heavy atom. The summed E-state index contributed by atoms with van der Waals surface area (Å²) in [5, 5.41) is 0. The van der Waals surface area contributed by atoms with Crippen molar-refractivity contribution in [1.82, 2.24) is 4.90 Å². The largest absolute Gasteiger partial charge is 0.342 e. The van der Waals surface area contributed by atoms with E-state index in [9.17, 15) is 4.79 Å². The van der Waals surface area contributed by atoms with Crippen LogP contribution < -0.4 is 5.73 Å². The van der Waals surface area contributed by atoms with Crippen LogP contribution in [0.3, 0.4) is 0 Å². The summed E-state index contributed by atoms with van der Waals surface area (Å²) in [7, 11) is 0. The Hall–Kier alpha value is -0.570. The van der Waals surface area contributed by atoms with Crippen molar-refractivity contribution in [1.29, 1.82) is 0 Å². The number of carbonyl (C=O) groups excluding carboxylic acids is 1. The molecule has 1 heterocycles. The number of nitrogens with zero attached hydrogens (tertiary/aromatic N) is 1. The highest BCUT2D eigenvalue weighted by Gasteiger charge is 2.27. The highest BCUT2D eigenvalue weighted by Crippen LogP contribution is 2.27. The van der Waals surface area contributed by atoms with Crippen LogP contribution in [0.1, 0.15) is 64.7 Å². The van der Waals surface area contributed by atoms with E-state index in [0.717, 1.165) is 25.9 Å². The fourth-order valence-electron chi connectivity index (χ4n) is 3.61. The average Bonchev–Trinajstić information content (AvgIpc) is 2.67. The first-order chi connectivity index (χ1) is 9.16. The number of hydrogen-bond acceptors (Lipinski definition) is 2. The molecule has 0 aromatic heterocycles. The van der Waals surface area contributed by atoms with Crippen molar-refractivity contribution in [2.45, 2.75) is 70.8 Å². The first kappa shape index (κ1) is 14.8. The Morgan fingerprint density at radius 1 is 1.16 bits per heavy atom. The van der Waals surface area contributed by atoms with Gasteiger partial charge in [0.15, 0.2) is 0 Å². The molecule has 110 valence electrons. The minimum Gasteiger partial charge on any atom is -0.342 e. The SMILES string of the molecule is CC(N)C1CCCN(C(=O)CC2CCCCCC2)C1. The second kappa shape index (κ2) is 7.28. The smallest absolute Gasteiger partial charge is 0.222 e. The first-order valence-corrected chi connectivity index (χ1v) is 8.20. The minimum absolute atomic E-state index is 0.216. The molecule has 2 rings (SSSR count). The zero-order chi connectivity index (χ0) is 13.7. The fraction of sp³-hybridized carbons (Fsp3) is 0.938. The van der Waals surface area contributed by atoms with E-state index in [-0.39, 0.29) is 6.04 Å². The molecule has 19 heavy (non-hydrogen) atoms. The molecule has 2 atom stereocenters. The maximum Gasteiger partial charge on any atom is 0.222 e. The molecule has 1 saturated carbocycles. The fourth-order valence-corrected chi connectivity index (χ4v) is 3.61. The minimum atomic E-state index is 0.216. The van der Waals surface area contributed by atoms with Gasteiger partial charge in [-0.3, -0.25) is 4.79 Å². The van der Waals surface area contributed by atoms with Crippen molar-refractivity contribution in [2.75, 3.05) is 13.1 Å². The Morgan fingerprint density at radius 2 is 1.84 bits per heavy atom. The van der Waals surface area contributed by atoms with Gasteiger partial charge < -0.3 is 10.6 Å². The number of likely N-dealkylation sites (tertiary alicyclic amines) is 1.